The van der Waals surface area contributed by atoms with Gasteiger partial charge in [0.25, 0.3) is 5.91 Å². The van der Waals surface area contributed by atoms with Crippen molar-refractivity contribution in [2.75, 3.05) is 11.1 Å². The van der Waals surface area contributed by atoms with Crippen molar-refractivity contribution >= 4 is 40.1 Å². The molecule has 2 aromatic rings. The summed E-state index contributed by atoms with van der Waals surface area (Å²) in [4.78, 5) is 32.6. The van der Waals surface area contributed by atoms with Crippen molar-refractivity contribution in [2.24, 2.45) is 15.9 Å². The number of hydrogen-bond donors (Lipinski definition) is 1. The van der Waals surface area contributed by atoms with Gasteiger partial charge in [0.1, 0.15) is 11.5 Å². The molecule has 7 heteroatoms. The minimum atomic E-state index is -0.175. The summed E-state index contributed by atoms with van der Waals surface area (Å²) < 4.78 is 5.73. The van der Waals surface area contributed by atoms with Crippen LogP contribution in [0.25, 0.3) is 0 Å². The lowest BCUT2D eigenvalue weighted by Gasteiger charge is -2.13. The fourth-order valence-corrected chi connectivity index (χ4v) is 3.84. The molecule has 4 rings (SSSR count). The van der Waals surface area contributed by atoms with E-state index < -0.39 is 0 Å². The number of rotatable bonds is 5. The fraction of sp³-hybridized carbons (Fsp3) is 0.238. The lowest BCUT2D eigenvalue weighted by molar-refractivity contribution is -0.119. The second-order valence-electron chi connectivity index (χ2n) is 6.56. The highest BCUT2D eigenvalue weighted by Crippen LogP contribution is 2.28. The first-order chi connectivity index (χ1) is 13.7. The smallest absolute Gasteiger partial charge is 0.256 e. The Hall–Kier alpha value is -2.93. The van der Waals surface area contributed by atoms with Gasteiger partial charge in [-0.05, 0) is 55.7 Å². The number of para-hydroxylation sites is 1. The number of thioether (sulfide) groups is 1. The number of nitrogens with zero attached hydrogens (tertiary/aromatic N) is 2. The maximum absolute atomic E-state index is 12.2. The molecule has 1 atom stereocenters. The van der Waals surface area contributed by atoms with Crippen molar-refractivity contribution in [1.82, 2.24) is 0 Å². The van der Waals surface area contributed by atoms with Gasteiger partial charge in [0.15, 0.2) is 5.17 Å². The second kappa shape index (κ2) is 8.39. The van der Waals surface area contributed by atoms with Gasteiger partial charge in [-0.1, -0.05) is 30.0 Å². The summed E-state index contributed by atoms with van der Waals surface area (Å²) in [5, 5.41) is 3.22. The quantitative estimate of drug-likeness (QED) is 0.822. The number of carbonyl (C=O) groups is 2. The van der Waals surface area contributed by atoms with Crippen LogP contribution in [0.15, 0.2) is 64.6 Å². The highest BCUT2D eigenvalue weighted by atomic mass is 32.2. The van der Waals surface area contributed by atoms with E-state index in [2.05, 4.69) is 15.3 Å². The van der Waals surface area contributed by atoms with Crippen molar-refractivity contribution < 1.29 is 14.3 Å². The van der Waals surface area contributed by atoms with Crippen LogP contribution in [-0.2, 0) is 9.59 Å². The second-order valence-corrected chi connectivity index (χ2v) is 7.50. The molecule has 0 saturated heterocycles. The third-order valence-electron chi connectivity index (χ3n) is 4.52. The molecular formula is C21H19N3O3S. The zero-order valence-electron chi connectivity index (χ0n) is 15.1. The predicted octanol–water partition coefficient (Wildman–Crippen LogP) is 4.29. The summed E-state index contributed by atoms with van der Waals surface area (Å²) >= 11 is 1.19. The fourth-order valence-electron chi connectivity index (χ4n) is 3.17. The third kappa shape index (κ3) is 4.48. The average molecular weight is 393 g/mol. The highest BCUT2D eigenvalue weighted by Gasteiger charge is 2.32. The van der Waals surface area contributed by atoms with E-state index in [0.717, 1.165) is 30.7 Å². The molecule has 1 saturated carbocycles. The van der Waals surface area contributed by atoms with Crippen LogP contribution in [0.1, 0.15) is 19.3 Å². The van der Waals surface area contributed by atoms with Gasteiger partial charge in [-0.25, -0.2) is 4.99 Å². The van der Waals surface area contributed by atoms with Gasteiger partial charge in [0, 0.05) is 11.4 Å². The molecule has 142 valence electrons. The Balaban J connectivity index is 1.29. The molecule has 1 fully saturated rings. The summed E-state index contributed by atoms with van der Waals surface area (Å²) in [6, 6.07) is 16.7. The van der Waals surface area contributed by atoms with Gasteiger partial charge in [0.2, 0.25) is 5.91 Å². The molecule has 0 aromatic heterocycles. The van der Waals surface area contributed by atoms with Crippen LogP contribution in [0.2, 0.25) is 0 Å². The molecule has 2 aromatic carbocycles. The summed E-state index contributed by atoms with van der Waals surface area (Å²) in [6.45, 7) is 0. The Morgan fingerprint density at radius 3 is 2.61 bits per heavy atom. The van der Waals surface area contributed by atoms with Gasteiger partial charge in [-0.3, -0.25) is 9.59 Å². The van der Waals surface area contributed by atoms with E-state index in [1.807, 2.05) is 30.3 Å². The van der Waals surface area contributed by atoms with Crippen molar-refractivity contribution in [3.8, 4) is 11.5 Å². The Bertz CT molecular complexity index is 939. The molecule has 28 heavy (non-hydrogen) atoms. The monoisotopic (exact) mass is 393 g/mol. The van der Waals surface area contributed by atoms with Crippen LogP contribution in [0, 0.1) is 5.92 Å². The van der Waals surface area contributed by atoms with Crippen molar-refractivity contribution in [3.63, 3.8) is 0 Å². The summed E-state index contributed by atoms with van der Waals surface area (Å²) in [5.74, 6) is 1.16. The molecule has 0 radical (unpaired) electrons. The van der Waals surface area contributed by atoms with E-state index >= 15 is 0 Å². The third-order valence-corrected chi connectivity index (χ3v) is 5.37. The first kappa shape index (κ1) is 18.4. The largest absolute Gasteiger partial charge is 0.457 e. The number of nitrogens with one attached hydrogen (secondary N) is 1. The normalized spacial score (nSPS) is 18.1. The number of carbonyl (C=O) groups excluding carboxylic acids is 2. The first-order valence-corrected chi connectivity index (χ1v) is 10.1. The number of hydrogen-bond acceptors (Lipinski definition) is 5. The van der Waals surface area contributed by atoms with Gasteiger partial charge in [0.05, 0.1) is 11.7 Å². The van der Waals surface area contributed by atoms with Crippen LogP contribution in [0.5, 0.6) is 11.5 Å². The van der Waals surface area contributed by atoms with Crippen LogP contribution < -0.4 is 10.1 Å². The van der Waals surface area contributed by atoms with Crippen molar-refractivity contribution in [1.29, 1.82) is 0 Å². The zero-order valence-corrected chi connectivity index (χ0v) is 15.9. The molecule has 0 bridgehead atoms. The van der Waals surface area contributed by atoms with Crippen LogP contribution in [0.3, 0.4) is 0 Å². The van der Waals surface area contributed by atoms with E-state index in [9.17, 15) is 9.59 Å². The molecule has 1 N–H and O–H groups in total. The number of benzene rings is 2. The predicted molar refractivity (Wildman–Crippen MR) is 111 cm³/mol. The number of ether oxygens (including phenoxy) is 1. The van der Waals surface area contributed by atoms with Crippen molar-refractivity contribution in [2.45, 2.75) is 19.3 Å². The summed E-state index contributed by atoms with van der Waals surface area (Å²) in [5.41, 5.74) is 1.59. The Morgan fingerprint density at radius 2 is 1.82 bits per heavy atom. The van der Waals surface area contributed by atoms with Gasteiger partial charge < -0.3 is 10.1 Å². The molecule has 1 aliphatic carbocycles. The molecule has 2 amide bonds. The number of anilines is 1. The number of aliphatic imine (C=N–C) groups is 2. The molecule has 1 aliphatic heterocycles. The maximum atomic E-state index is 12.2. The van der Waals surface area contributed by atoms with Crippen LogP contribution >= 0.6 is 11.8 Å². The lowest BCUT2D eigenvalue weighted by Crippen LogP contribution is -2.24. The first-order valence-electron chi connectivity index (χ1n) is 9.13. The zero-order chi connectivity index (χ0) is 19.3. The van der Waals surface area contributed by atoms with E-state index in [1.165, 1.54) is 11.8 Å². The summed E-state index contributed by atoms with van der Waals surface area (Å²) in [6.07, 6.45) is 2.66. The van der Waals surface area contributed by atoms with E-state index in [0.29, 0.717) is 16.6 Å². The van der Waals surface area contributed by atoms with Gasteiger partial charge in [-0.15, -0.1) is 0 Å². The van der Waals surface area contributed by atoms with E-state index in [4.69, 9.17) is 4.74 Å². The SMILES string of the molecule is O=C(CSC1=NC(=O)C2CCCC2=N1)Nc1ccc(Oc2ccccc2)cc1. The molecule has 2 aliphatic rings. The minimum absolute atomic E-state index is 0.126. The Labute approximate surface area is 167 Å². The van der Waals surface area contributed by atoms with Gasteiger partial charge >= 0.3 is 0 Å². The molecule has 1 unspecified atom stereocenters. The Morgan fingerprint density at radius 1 is 1.07 bits per heavy atom. The molecule has 0 spiro atoms. The number of amides is 2. The number of amidine groups is 1. The van der Waals surface area contributed by atoms with E-state index in [1.54, 1.807) is 24.3 Å². The van der Waals surface area contributed by atoms with Crippen LogP contribution in [-0.4, -0.2) is 28.4 Å². The molecule has 6 nitrogen and oxygen atoms in total. The molecular weight excluding hydrogens is 374 g/mol. The standard InChI is InChI=1S/C21H19N3O3S/c25-19(13-28-21-23-18-8-4-7-17(18)20(26)24-21)22-14-9-11-16(12-10-14)27-15-5-2-1-3-6-15/h1-3,5-6,9-12,17H,4,7-8,13H2,(H,22,25). The van der Waals surface area contributed by atoms with E-state index in [-0.39, 0.29) is 23.5 Å². The summed E-state index contributed by atoms with van der Waals surface area (Å²) in [7, 11) is 0. The van der Waals surface area contributed by atoms with Crippen molar-refractivity contribution in [3.05, 3.63) is 54.6 Å². The van der Waals surface area contributed by atoms with Crippen LogP contribution in [0.4, 0.5) is 5.69 Å². The Kier molecular flexibility index (Phi) is 5.53. The topological polar surface area (TPSA) is 80.1 Å². The highest BCUT2D eigenvalue weighted by molar-refractivity contribution is 8.14. The lowest BCUT2D eigenvalue weighted by atomic mass is 10.1. The average Bonchev–Trinajstić information content (AvgIpc) is 3.18. The minimum Gasteiger partial charge on any atom is -0.457 e. The number of fused-ring (bicyclic) bond motifs is 1. The maximum Gasteiger partial charge on any atom is 0.256 e. The van der Waals surface area contributed by atoms with Gasteiger partial charge in [-0.2, -0.15) is 4.99 Å². The molecule has 1 heterocycles.